The summed E-state index contributed by atoms with van der Waals surface area (Å²) in [5.41, 5.74) is -0.780. The summed E-state index contributed by atoms with van der Waals surface area (Å²) < 4.78 is 6.13. The number of carbonyl (C=O) groups is 2. The third-order valence-corrected chi connectivity index (χ3v) is 4.55. The molecule has 144 valence electrons. The Hall–Kier alpha value is -3.17. The average molecular weight is 376 g/mol. The summed E-state index contributed by atoms with van der Waals surface area (Å²) in [6, 6.07) is -1.23. The first-order chi connectivity index (χ1) is 12.7. The summed E-state index contributed by atoms with van der Waals surface area (Å²) in [4.78, 5) is 35.7. The quantitative estimate of drug-likeness (QED) is 0.464. The Morgan fingerprint density at radius 3 is 2.81 bits per heavy atom. The molecule has 2 heterocycles. The molecule has 2 aliphatic rings. The van der Waals surface area contributed by atoms with Gasteiger partial charge >= 0.3 is 5.97 Å². The van der Waals surface area contributed by atoms with Crippen LogP contribution in [0.25, 0.3) is 0 Å². The Bertz CT molecular complexity index is 895. The molecule has 1 aromatic rings. The van der Waals surface area contributed by atoms with E-state index in [0.717, 1.165) is 6.20 Å². The van der Waals surface area contributed by atoms with Crippen LogP contribution < -0.4 is 5.32 Å². The Balaban J connectivity index is 2.14. The monoisotopic (exact) mass is 376 g/mol. The van der Waals surface area contributed by atoms with Crippen molar-refractivity contribution in [3.8, 4) is 0 Å². The van der Waals surface area contributed by atoms with Gasteiger partial charge in [-0.1, -0.05) is 13.8 Å². The maximum atomic E-state index is 12.7. The lowest BCUT2D eigenvalue weighted by Crippen LogP contribution is -2.34. The largest absolute Gasteiger partial charge is 0.512 e. The third kappa shape index (κ3) is 3.18. The number of anilines is 1. The number of ether oxygens (including phenoxy) is 1. The first-order valence-corrected chi connectivity index (χ1v) is 8.47. The SMILES string of the molecule is CCOC(=O)c1cnn2c1NC=C([N+](=O)[O-])C2C1=C(O)CC(C)(C)CC1=O. The van der Waals surface area contributed by atoms with E-state index in [1.54, 1.807) is 6.92 Å². The van der Waals surface area contributed by atoms with Crippen LogP contribution in [-0.4, -0.2) is 38.2 Å². The fraction of sp³-hybridized carbons (Fsp3) is 0.471. The summed E-state index contributed by atoms with van der Waals surface area (Å²) in [5, 5.41) is 28.8. The molecule has 0 saturated carbocycles. The van der Waals surface area contributed by atoms with Gasteiger partial charge in [-0.05, 0) is 12.3 Å². The van der Waals surface area contributed by atoms with Gasteiger partial charge in [0, 0.05) is 12.8 Å². The smallest absolute Gasteiger partial charge is 0.343 e. The Labute approximate surface area is 154 Å². The topological polar surface area (TPSA) is 137 Å². The highest BCUT2D eigenvalue weighted by Gasteiger charge is 2.45. The second kappa shape index (κ2) is 6.53. The molecule has 0 spiro atoms. The molecule has 0 saturated heterocycles. The van der Waals surface area contributed by atoms with Crippen LogP contribution in [0.5, 0.6) is 0 Å². The lowest BCUT2D eigenvalue weighted by atomic mass is 9.74. The summed E-state index contributed by atoms with van der Waals surface area (Å²) in [7, 11) is 0. The van der Waals surface area contributed by atoms with Crippen LogP contribution >= 0.6 is 0 Å². The summed E-state index contributed by atoms with van der Waals surface area (Å²) in [6.07, 6.45) is 2.68. The highest BCUT2D eigenvalue weighted by molar-refractivity contribution is 5.99. The number of hydrogen-bond acceptors (Lipinski definition) is 8. The van der Waals surface area contributed by atoms with Crippen LogP contribution in [0, 0.1) is 15.5 Å². The zero-order valence-electron chi connectivity index (χ0n) is 15.2. The molecule has 3 rings (SSSR count). The minimum atomic E-state index is -1.23. The summed E-state index contributed by atoms with van der Waals surface area (Å²) >= 11 is 0. The van der Waals surface area contributed by atoms with Gasteiger partial charge in [0.2, 0.25) is 0 Å². The van der Waals surface area contributed by atoms with Gasteiger partial charge in [-0.2, -0.15) is 5.10 Å². The molecule has 0 aromatic carbocycles. The molecular formula is C17H20N4O6. The summed E-state index contributed by atoms with van der Waals surface area (Å²) in [6.45, 7) is 5.48. The normalized spacial score (nSPS) is 21.2. The second-order valence-electron chi connectivity index (χ2n) is 7.25. The van der Waals surface area contributed by atoms with Crippen LogP contribution in [0.3, 0.4) is 0 Å². The van der Waals surface area contributed by atoms with E-state index in [9.17, 15) is 24.8 Å². The Kier molecular flexibility index (Phi) is 4.50. The minimum absolute atomic E-state index is 0.0708. The van der Waals surface area contributed by atoms with Crippen LogP contribution in [0.1, 0.15) is 50.0 Å². The molecule has 0 bridgehead atoms. The predicted octanol–water partition coefficient (Wildman–Crippen LogP) is 2.35. The van der Waals surface area contributed by atoms with Crippen molar-refractivity contribution < 1.29 is 24.4 Å². The van der Waals surface area contributed by atoms with Crippen molar-refractivity contribution in [2.24, 2.45) is 5.41 Å². The van der Waals surface area contributed by atoms with Crippen molar-refractivity contribution in [3.05, 3.63) is 45.1 Å². The number of nitrogens with zero attached hydrogens (tertiary/aromatic N) is 3. The molecule has 10 heteroatoms. The number of aliphatic hydroxyl groups excluding tert-OH is 1. The average Bonchev–Trinajstić information content (AvgIpc) is 2.97. The van der Waals surface area contributed by atoms with Crippen LogP contribution in [0.4, 0.5) is 5.82 Å². The number of Topliss-reactive ketones (excluding diaryl/α,β-unsaturated/α-hetero) is 1. The number of nitrogens with one attached hydrogen (secondary N) is 1. The number of hydrogen-bond donors (Lipinski definition) is 2. The maximum Gasteiger partial charge on any atom is 0.343 e. The molecule has 1 atom stereocenters. The standard InChI is InChI=1S/C17H20N4O6/c1-4-27-16(24)9-7-19-20-14(10(21(25)26)8-18-15(9)20)13-11(22)5-17(2,3)6-12(13)23/h7-8,14,18,22H,4-6H2,1-3H3. The van der Waals surface area contributed by atoms with E-state index in [-0.39, 0.29) is 53.6 Å². The highest BCUT2D eigenvalue weighted by Crippen LogP contribution is 2.43. The maximum absolute atomic E-state index is 12.7. The zero-order chi connectivity index (χ0) is 19.9. The van der Waals surface area contributed by atoms with E-state index in [1.165, 1.54) is 10.9 Å². The zero-order valence-corrected chi connectivity index (χ0v) is 15.2. The molecule has 27 heavy (non-hydrogen) atoms. The summed E-state index contributed by atoms with van der Waals surface area (Å²) in [5.74, 6) is -1.06. The molecule has 0 amide bonds. The first-order valence-electron chi connectivity index (χ1n) is 8.47. The van der Waals surface area contributed by atoms with Gasteiger partial charge in [0.05, 0.1) is 29.5 Å². The number of esters is 1. The number of fused-ring (bicyclic) bond motifs is 1. The number of aromatic nitrogens is 2. The number of aliphatic hydroxyl groups is 1. The highest BCUT2D eigenvalue weighted by atomic mass is 16.6. The molecule has 1 aliphatic heterocycles. The van der Waals surface area contributed by atoms with Crippen molar-refractivity contribution in [3.63, 3.8) is 0 Å². The number of ketones is 1. The fourth-order valence-corrected chi connectivity index (χ4v) is 3.44. The number of rotatable bonds is 4. The van der Waals surface area contributed by atoms with Gasteiger partial charge in [0.25, 0.3) is 5.70 Å². The molecule has 0 fully saturated rings. The van der Waals surface area contributed by atoms with E-state index in [1.807, 2.05) is 13.8 Å². The fourth-order valence-electron chi connectivity index (χ4n) is 3.44. The molecule has 1 unspecified atom stereocenters. The van der Waals surface area contributed by atoms with Crippen LogP contribution in [0.15, 0.2) is 29.4 Å². The third-order valence-electron chi connectivity index (χ3n) is 4.55. The van der Waals surface area contributed by atoms with Crippen LogP contribution in [0.2, 0.25) is 0 Å². The number of allylic oxidation sites excluding steroid dienone is 2. The van der Waals surface area contributed by atoms with Gasteiger partial charge in [-0.25, -0.2) is 9.48 Å². The van der Waals surface area contributed by atoms with Crippen molar-refractivity contribution in [1.82, 2.24) is 9.78 Å². The van der Waals surface area contributed by atoms with Gasteiger partial charge in [-0.3, -0.25) is 14.9 Å². The molecular weight excluding hydrogens is 356 g/mol. The molecule has 10 nitrogen and oxygen atoms in total. The second-order valence-corrected chi connectivity index (χ2v) is 7.25. The van der Waals surface area contributed by atoms with Crippen molar-refractivity contribution in [1.29, 1.82) is 0 Å². The number of nitro groups is 1. The van der Waals surface area contributed by atoms with Gasteiger partial charge in [0.15, 0.2) is 11.8 Å². The predicted molar refractivity (Wildman–Crippen MR) is 93.6 cm³/mol. The van der Waals surface area contributed by atoms with Gasteiger partial charge in [0.1, 0.15) is 17.1 Å². The van der Waals surface area contributed by atoms with Crippen molar-refractivity contribution in [2.45, 2.75) is 39.7 Å². The van der Waals surface area contributed by atoms with Gasteiger partial charge in [-0.15, -0.1) is 0 Å². The minimum Gasteiger partial charge on any atom is -0.512 e. The molecule has 2 N–H and O–H groups in total. The Morgan fingerprint density at radius 2 is 2.22 bits per heavy atom. The van der Waals surface area contributed by atoms with E-state index in [2.05, 4.69) is 10.4 Å². The number of carbonyl (C=O) groups excluding carboxylic acids is 2. The van der Waals surface area contributed by atoms with Gasteiger partial charge < -0.3 is 15.2 Å². The van der Waals surface area contributed by atoms with E-state index < -0.39 is 22.3 Å². The molecule has 1 aromatic heterocycles. The molecule has 1 aliphatic carbocycles. The first kappa shape index (κ1) is 18.6. The van der Waals surface area contributed by atoms with E-state index in [0.29, 0.717) is 0 Å². The van der Waals surface area contributed by atoms with E-state index in [4.69, 9.17) is 4.74 Å². The van der Waals surface area contributed by atoms with Crippen LogP contribution in [-0.2, 0) is 9.53 Å². The van der Waals surface area contributed by atoms with Crippen molar-refractivity contribution in [2.75, 3.05) is 11.9 Å². The van der Waals surface area contributed by atoms with E-state index >= 15 is 0 Å². The lowest BCUT2D eigenvalue weighted by molar-refractivity contribution is -0.431. The Morgan fingerprint density at radius 1 is 1.52 bits per heavy atom. The lowest BCUT2D eigenvalue weighted by Gasteiger charge is -2.33. The molecule has 0 radical (unpaired) electrons. The van der Waals surface area contributed by atoms with Crippen molar-refractivity contribution >= 4 is 17.6 Å².